The average molecular weight is 464 g/mol. The maximum absolute atomic E-state index is 13.5. The highest BCUT2D eigenvalue weighted by atomic mass is 16.5. The summed E-state index contributed by atoms with van der Waals surface area (Å²) in [5.41, 5.74) is 8.26. The molecule has 2 aromatic carbocycles. The molecule has 0 aromatic heterocycles. The summed E-state index contributed by atoms with van der Waals surface area (Å²) in [5.74, 6) is 0.852. The zero-order valence-corrected chi connectivity index (χ0v) is 19.7. The Morgan fingerprint density at radius 2 is 1.65 bits per heavy atom. The first-order chi connectivity index (χ1) is 16.4. The molecular formula is C27H33N3O4. The quantitative estimate of drug-likeness (QED) is 0.658. The first-order valence-corrected chi connectivity index (χ1v) is 12.2. The van der Waals surface area contributed by atoms with Gasteiger partial charge in [-0.15, -0.1) is 0 Å². The van der Waals surface area contributed by atoms with Crippen molar-refractivity contribution in [3.63, 3.8) is 0 Å². The Morgan fingerprint density at radius 3 is 2.21 bits per heavy atom. The fraction of sp³-hybridized carbons (Fsp3) is 0.481. The summed E-state index contributed by atoms with van der Waals surface area (Å²) in [6.07, 6.45) is 3.42. The van der Waals surface area contributed by atoms with Crippen LogP contribution >= 0.6 is 0 Å². The van der Waals surface area contributed by atoms with Crippen LogP contribution in [0.4, 0.5) is 5.69 Å². The number of likely N-dealkylation sites (tertiary alicyclic amines) is 1. The van der Waals surface area contributed by atoms with Crippen LogP contribution in [0.15, 0.2) is 48.5 Å². The smallest absolute Gasteiger partial charge is 0.248 e. The number of benzene rings is 2. The first-order valence-electron chi connectivity index (χ1n) is 12.2. The van der Waals surface area contributed by atoms with E-state index in [-0.39, 0.29) is 11.3 Å². The third kappa shape index (κ3) is 4.18. The Bertz CT molecular complexity index is 1040. The third-order valence-corrected chi connectivity index (χ3v) is 7.96. The van der Waals surface area contributed by atoms with Crippen LogP contribution in [0.25, 0.3) is 0 Å². The van der Waals surface area contributed by atoms with Gasteiger partial charge in [-0.2, -0.15) is 0 Å². The van der Waals surface area contributed by atoms with Gasteiger partial charge in [0.2, 0.25) is 11.8 Å². The number of aliphatic hydroxyl groups excluding tert-OH is 1. The fourth-order valence-electron chi connectivity index (χ4n) is 5.65. The van der Waals surface area contributed by atoms with E-state index < -0.39 is 18.1 Å². The molecule has 7 nitrogen and oxygen atoms in total. The number of hydrogen-bond acceptors (Lipinski definition) is 5. The highest BCUT2D eigenvalue weighted by molar-refractivity contribution is 6.00. The lowest BCUT2D eigenvalue weighted by atomic mass is 9.76. The summed E-state index contributed by atoms with van der Waals surface area (Å²) in [5, 5.41) is 10.7. The second-order valence-corrected chi connectivity index (χ2v) is 9.95. The first kappa shape index (κ1) is 22.9. The van der Waals surface area contributed by atoms with Crippen molar-refractivity contribution in [2.45, 2.75) is 50.2 Å². The number of hydrogen-bond donors (Lipinski definition) is 2. The van der Waals surface area contributed by atoms with E-state index in [1.54, 1.807) is 7.11 Å². The van der Waals surface area contributed by atoms with E-state index in [4.69, 9.17) is 10.5 Å². The molecule has 3 N–H and O–H groups in total. The number of piperidine rings is 1. The summed E-state index contributed by atoms with van der Waals surface area (Å²) in [6, 6.07) is 15.3. The van der Waals surface area contributed by atoms with Crippen molar-refractivity contribution in [3.8, 4) is 5.75 Å². The van der Waals surface area contributed by atoms with Crippen LogP contribution in [0.3, 0.4) is 0 Å². The lowest BCUT2D eigenvalue weighted by molar-refractivity contribution is -0.133. The summed E-state index contributed by atoms with van der Waals surface area (Å²) in [7, 11) is 1.60. The predicted molar refractivity (Wildman–Crippen MR) is 130 cm³/mol. The van der Waals surface area contributed by atoms with Crippen molar-refractivity contribution >= 4 is 17.5 Å². The molecule has 2 heterocycles. The van der Waals surface area contributed by atoms with Crippen molar-refractivity contribution in [3.05, 3.63) is 59.7 Å². The number of nitrogens with zero attached hydrogens (tertiary/aromatic N) is 2. The predicted octanol–water partition coefficient (Wildman–Crippen LogP) is 2.98. The molecule has 1 saturated carbocycles. The van der Waals surface area contributed by atoms with E-state index in [2.05, 4.69) is 29.2 Å². The molecule has 2 atom stereocenters. The Balaban J connectivity index is 1.29. The average Bonchev–Trinajstić information content (AvgIpc) is 3.67. The van der Waals surface area contributed by atoms with Gasteiger partial charge in [0.25, 0.3) is 0 Å². The molecule has 1 spiro atoms. The monoisotopic (exact) mass is 463 g/mol. The molecule has 2 aromatic rings. The normalized spacial score (nSPS) is 22.1. The molecule has 7 heteroatoms. The molecule has 2 saturated heterocycles. The summed E-state index contributed by atoms with van der Waals surface area (Å²) < 4.78 is 5.24. The maximum Gasteiger partial charge on any atom is 0.248 e. The summed E-state index contributed by atoms with van der Waals surface area (Å²) in [6.45, 7) is 1.95. The number of primary amides is 1. The van der Waals surface area contributed by atoms with E-state index in [0.717, 1.165) is 24.2 Å². The second-order valence-electron chi connectivity index (χ2n) is 9.95. The molecule has 3 aliphatic rings. The molecular weight excluding hydrogens is 430 g/mol. The Hall–Kier alpha value is -2.90. The van der Waals surface area contributed by atoms with Crippen molar-refractivity contribution in [1.82, 2.24) is 4.90 Å². The summed E-state index contributed by atoms with van der Waals surface area (Å²) >= 11 is 0. The molecule has 1 aliphatic carbocycles. The molecule has 2 amide bonds. The van der Waals surface area contributed by atoms with Gasteiger partial charge < -0.3 is 20.5 Å². The van der Waals surface area contributed by atoms with E-state index in [0.29, 0.717) is 37.6 Å². The second kappa shape index (κ2) is 9.04. The lowest BCUT2D eigenvalue weighted by Crippen LogP contribution is -2.50. The van der Waals surface area contributed by atoms with Crippen LogP contribution in [-0.2, 0) is 9.59 Å². The lowest BCUT2D eigenvalue weighted by Gasteiger charge is -2.42. The van der Waals surface area contributed by atoms with E-state index in [9.17, 15) is 14.7 Å². The molecule has 2 aliphatic heterocycles. The van der Waals surface area contributed by atoms with Crippen LogP contribution in [-0.4, -0.2) is 54.7 Å². The molecule has 3 fully saturated rings. The van der Waals surface area contributed by atoms with Crippen LogP contribution in [0.5, 0.6) is 5.75 Å². The van der Waals surface area contributed by atoms with Crippen LogP contribution in [0.2, 0.25) is 0 Å². The number of rotatable bonds is 7. The molecule has 5 rings (SSSR count). The van der Waals surface area contributed by atoms with E-state index >= 15 is 0 Å². The van der Waals surface area contributed by atoms with Crippen LogP contribution in [0, 0.1) is 5.41 Å². The van der Waals surface area contributed by atoms with Gasteiger partial charge in [-0.3, -0.25) is 14.5 Å². The van der Waals surface area contributed by atoms with Crippen LogP contribution < -0.4 is 15.4 Å². The highest BCUT2D eigenvalue weighted by Crippen LogP contribution is 2.46. The van der Waals surface area contributed by atoms with Gasteiger partial charge in [0.15, 0.2) is 6.10 Å². The van der Waals surface area contributed by atoms with Crippen molar-refractivity contribution in [2.24, 2.45) is 11.1 Å². The summed E-state index contributed by atoms with van der Waals surface area (Å²) in [4.78, 5) is 29.5. The minimum absolute atomic E-state index is 0.197. The Morgan fingerprint density at radius 1 is 1.03 bits per heavy atom. The number of methoxy groups -OCH3 is 1. The van der Waals surface area contributed by atoms with Gasteiger partial charge in [-0.1, -0.05) is 24.3 Å². The Kier molecular flexibility index (Phi) is 6.08. The number of amides is 2. The number of anilines is 1. The molecule has 0 bridgehead atoms. The topological polar surface area (TPSA) is 96.1 Å². The van der Waals surface area contributed by atoms with E-state index in [1.165, 1.54) is 18.4 Å². The largest absolute Gasteiger partial charge is 0.497 e. The van der Waals surface area contributed by atoms with Crippen molar-refractivity contribution in [2.75, 3.05) is 31.6 Å². The van der Waals surface area contributed by atoms with E-state index in [1.807, 2.05) is 29.2 Å². The molecule has 180 valence electrons. The van der Waals surface area contributed by atoms with Crippen molar-refractivity contribution in [1.29, 1.82) is 0 Å². The van der Waals surface area contributed by atoms with Gasteiger partial charge in [0, 0.05) is 12.2 Å². The van der Waals surface area contributed by atoms with Gasteiger partial charge >= 0.3 is 0 Å². The van der Waals surface area contributed by atoms with Gasteiger partial charge in [-0.25, -0.2) is 0 Å². The number of carbonyl (C=O) groups excluding carboxylic acids is 2. The van der Waals surface area contributed by atoms with Gasteiger partial charge in [0.1, 0.15) is 5.75 Å². The minimum atomic E-state index is -1.33. The highest BCUT2D eigenvalue weighted by Gasteiger charge is 2.49. The molecule has 2 unspecified atom stereocenters. The van der Waals surface area contributed by atoms with Crippen molar-refractivity contribution < 1.29 is 19.4 Å². The van der Waals surface area contributed by atoms with Gasteiger partial charge in [-0.05, 0) is 86.5 Å². The molecule has 34 heavy (non-hydrogen) atoms. The minimum Gasteiger partial charge on any atom is -0.497 e. The number of aliphatic hydroxyl groups is 1. The fourth-order valence-corrected chi connectivity index (χ4v) is 5.65. The SMILES string of the molecule is COc1ccc(C(C(O)C(N)=O)N2CCC3(CCN(c4ccc(C5CC5)cc4)C3=O)CC2)cc1. The Labute approximate surface area is 200 Å². The maximum atomic E-state index is 13.5. The zero-order valence-electron chi connectivity index (χ0n) is 19.7. The van der Waals surface area contributed by atoms with Gasteiger partial charge in [0.05, 0.1) is 18.6 Å². The standard InChI is InChI=1S/C27H33N3O4/c1-34-22-10-6-20(7-11-22)23(24(31)25(28)32)29-15-12-27(13-16-29)14-17-30(26(27)33)21-8-4-19(5-9-21)18-2-3-18/h4-11,18,23-24,31H,2-3,12-17H2,1H3,(H2,28,32). The molecule has 0 radical (unpaired) electrons. The number of nitrogens with two attached hydrogens (primary N) is 1. The third-order valence-electron chi connectivity index (χ3n) is 7.96. The number of carbonyl (C=O) groups is 2. The zero-order chi connectivity index (χ0) is 23.9. The van der Waals surface area contributed by atoms with Crippen LogP contribution in [0.1, 0.15) is 55.2 Å². The number of ether oxygens (including phenoxy) is 1.